The number of esters is 1. The number of hydrogen-bond donors (Lipinski definition) is 2. The molecule has 1 aromatic carbocycles. The monoisotopic (exact) mass is 491 g/mol. The first kappa shape index (κ1) is 28.2. The summed E-state index contributed by atoms with van der Waals surface area (Å²) in [7, 11) is -3.46. The largest absolute Gasteiger partial charge is 0.507 e. The predicted octanol–water partition coefficient (Wildman–Crippen LogP) is 6.88. The zero-order chi connectivity index (χ0) is 25.5. The number of benzene rings is 1. The van der Waals surface area contributed by atoms with Crippen LogP contribution in [0.25, 0.3) is 0 Å². The van der Waals surface area contributed by atoms with Crippen molar-refractivity contribution in [3.63, 3.8) is 0 Å². The van der Waals surface area contributed by atoms with Gasteiger partial charge in [-0.25, -0.2) is 5.09 Å². The summed E-state index contributed by atoms with van der Waals surface area (Å²) < 4.78 is 24.6. The first-order chi connectivity index (χ1) is 16.0. The van der Waals surface area contributed by atoms with Crippen molar-refractivity contribution in [2.45, 2.75) is 85.1 Å². The molecule has 0 radical (unpaired) electrons. The van der Waals surface area contributed by atoms with Crippen LogP contribution in [0.2, 0.25) is 0 Å². The van der Waals surface area contributed by atoms with E-state index in [2.05, 4.69) is 31.6 Å². The van der Waals surface area contributed by atoms with Crippen LogP contribution in [-0.4, -0.2) is 30.4 Å². The fraction of sp³-hybridized carbons (Fsp3) is 0.593. The summed E-state index contributed by atoms with van der Waals surface area (Å²) in [6, 6.07) is 2.91. The molecule has 0 bridgehead atoms. The van der Waals surface area contributed by atoms with Crippen molar-refractivity contribution in [1.82, 2.24) is 5.09 Å². The molecule has 0 amide bonds. The minimum Gasteiger partial charge on any atom is -0.507 e. The van der Waals surface area contributed by atoms with Gasteiger partial charge >= 0.3 is 13.5 Å². The molecule has 0 fully saturated rings. The molecule has 190 valence electrons. The average Bonchev–Trinajstić information content (AvgIpc) is 2.73. The van der Waals surface area contributed by atoms with E-state index in [0.717, 1.165) is 49.7 Å². The Hall–Kier alpha value is -2.04. The van der Waals surface area contributed by atoms with Gasteiger partial charge in [0.2, 0.25) is 0 Å². The lowest BCUT2D eigenvalue weighted by atomic mass is 9.73. The lowest BCUT2D eigenvalue weighted by Crippen LogP contribution is -2.34. The SMILES string of the molecule is C=C(C)C1CCC(C)=CC1c1c(O)cc(CCCCC)cc1OP(C)(=O)N[C@@H](C)C(=O)OCC. The van der Waals surface area contributed by atoms with Crippen LogP contribution in [0.5, 0.6) is 11.5 Å². The number of ether oxygens (including phenoxy) is 1. The summed E-state index contributed by atoms with van der Waals surface area (Å²) in [5.41, 5.74) is 3.85. The number of phenolic OH excluding ortho intramolecular Hbond substituents is 1. The van der Waals surface area contributed by atoms with E-state index in [-0.39, 0.29) is 24.2 Å². The molecule has 0 saturated heterocycles. The Morgan fingerprint density at radius 3 is 2.65 bits per heavy atom. The summed E-state index contributed by atoms with van der Waals surface area (Å²) >= 11 is 0. The molecule has 0 aromatic heterocycles. The number of aromatic hydroxyl groups is 1. The van der Waals surface area contributed by atoms with Gasteiger partial charge < -0.3 is 14.4 Å². The number of rotatable bonds is 12. The smallest absolute Gasteiger partial charge is 0.323 e. The second kappa shape index (κ2) is 12.6. The van der Waals surface area contributed by atoms with Crippen molar-refractivity contribution in [3.05, 3.63) is 47.1 Å². The first-order valence-electron chi connectivity index (χ1n) is 12.4. The van der Waals surface area contributed by atoms with Gasteiger partial charge in [-0.1, -0.05) is 43.6 Å². The summed E-state index contributed by atoms with van der Waals surface area (Å²) in [6.45, 7) is 15.5. The molecule has 3 unspecified atom stereocenters. The fourth-order valence-corrected chi connectivity index (χ4v) is 5.98. The minimum atomic E-state index is -3.46. The van der Waals surface area contributed by atoms with E-state index in [1.54, 1.807) is 19.9 Å². The Kier molecular flexibility index (Phi) is 10.5. The molecule has 1 aliphatic rings. The molecule has 2 N–H and O–H groups in total. The van der Waals surface area contributed by atoms with Crippen LogP contribution in [0.4, 0.5) is 0 Å². The molecule has 6 nitrogen and oxygen atoms in total. The van der Waals surface area contributed by atoms with Crippen LogP contribution in [-0.2, 0) is 20.5 Å². The van der Waals surface area contributed by atoms with Crippen LogP contribution in [0.15, 0.2) is 35.9 Å². The van der Waals surface area contributed by atoms with Crippen molar-refractivity contribution in [1.29, 1.82) is 0 Å². The van der Waals surface area contributed by atoms with Gasteiger partial charge in [0.1, 0.15) is 17.5 Å². The minimum absolute atomic E-state index is 0.131. The highest BCUT2D eigenvalue weighted by molar-refractivity contribution is 7.56. The molecular weight excluding hydrogens is 449 g/mol. The number of phenols is 1. The predicted molar refractivity (Wildman–Crippen MR) is 139 cm³/mol. The van der Waals surface area contributed by atoms with E-state index in [0.29, 0.717) is 11.3 Å². The van der Waals surface area contributed by atoms with Gasteiger partial charge in [0, 0.05) is 18.1 Å². The second-order valence-corrected chi connectivity index (χ2v) is 11.7. The molecule has 7 heteroatoms. The van der Waals surface area contributed by atoms with Gasteiger partial charge in [-0.2, -0.15) is 0 Å². The zero-order valence-electron chi connectivity index (χ0n) is 21.6. The van der Waals surface area contributed by atoms with Crippen molar-refractivity contribution < 1.29 is 23.7 Å². The number of aryl methyl sites for hydroxylation is 1. The number of unbranched alkanes of at least 4 members (excludes halogenated alkanes) is 2. The van der Waals surface area contributed by atoms with Crippen LogP contribution >= 0.6 is 7.52 Å². The van der Waals surface area contributed by atoms with Gasteiger partial charge in [-0.15, -0.1) is 0 Å². The third-order valence-electron chi connectivity index (χ3n) is 6.30. The van der Waals surface area contributed by atoms with Gasteiger partial charge in [0.05, 0.1) is 6.61 Å². The topological polar surface area (TPSA) is 84.9 Å². The van der Waals surface area contributed by atoms with E-state index < -0.39 is 19.5 Å². The quantitative estimate of drug-likeness (QED) is 0.143. The molecule has 0 heterocycles. The van der Waals surface area contributed by atoms with E-state index in [1.165, 1.54) is 12.2 Å². The number of hydrogen-bond acceptors (Lipinski definition) is 5. The van der Waals surface area contributed by atoms with Gasteiger partial charge in [-0.05, 0) is 77.0 Å². The molecule has 1 aromatic rings. The standard InChI is InChI=1S/C27H42NO5P/c1-8-10-11-12-21-16-24(29)26(23-15-19(5)13-14-22(23)18(3)4)25(17-21)33-34(7,31)28-20(6)27(30)32-9-2/h15-17,20,22-23,29H,3,8-14H2,1-2,4-7H3,(H,28,31)/t20-,22?,23?,34?/m0/s1. The number of allylic oxidation sites excluding steroid dienone is 3. The Morgan fingerprint density at radius 2 is 2.03 bits per heavy atom. The number of nitrogens with one attached hydrogen (secondary N) is 1. The van der Waals surface area contributed by atoms with Crippen molar-refractivity contribution in [3.8, 4) is 11.5 Å². The highest BCUT2D eigenvalue weighted by Crippen LogP contribution is 2.50. The molecule has 2 rings (SSSR count). The maximum atomic E-state index is 13.4. The molecule has 34 heavy (non-hydrogen) atoms. The fourth-order valence-electron chi connectivity index (χ4n) is 4.59. The van der Waals surface area contributed by atoms with Crippen molar-refractivity contribution in [2.24, 2.45) is 5.92 Å². The number of carbonyl (C=O) groups is 1. The number of carbonyl (C=O) groups excluding carboxylic acids is 1. The Labute approximate surface area is 205 Å². The normalized spacial score (nSPS) is 20.7. The first-order valence-corrected chi connectivity index (χ1v) is 14.5. The van der Waals surface area contributed by atoms with Crippen LogP contribution in [0, 0.1) is 5.92 Å². The van der Waals surface area contributed by atoms with Crippen LogP contribution in [0.1, 0.15) is 83.8 Å². The third-order valence-corrected chi connectivity index (χ3v) is 7.70. The van der Waals surface area contributed by atoms with E-state index in [1.807, 2.05) is 13.0 Å². The Balaban J connectivity index is 2.49. The highest BCUT2D eigenvalue weighted by atomic mass is 31.2. The maximum Gasteiger partial charge on any atom is 0.323 e. The van der Waals surface area contributed by atoms with Gasteiger partial charge in [-0.3, -0.25) is 9.36 Å². The summed E-state index contributed by atoms with van der Waals surface area (Å²) in [5.74, 6) is 0.0597. The molecular formula is C27H42NO5P. The average molecular weight is 492 g/mol. The second-order valence-electron chi connectivity index (χ2n) is 9.55. The summed E-state index contributed by atoms with van der Waals surface area (Å²) in [5, 5.41) is 14.0. The molecule has 1 aliphatic carbocycles. The molecule has 0 aliphatic heterocycles. The van der Waals surface area contributed by atoms with E-state index >= 15 is 0 Å². The molecule has 0 spiro atoms. The Bertz CT molecular complexity index is 955. The zero-order valence-corrected chi connectivity index (χ0v) is 22.5. The van der Waals surface area contributed by atoms with Gasteiger partial charge in [0.25, 0.3) is 0 Å². The Morgan fingerprint density at radius 1 is 1.32 bits per heavy atom. The highest BCUT2D eigenvalue weighted by Gasteiger charge is 2.33. The lowest BCUT2D eigenvalue weighted by molar-refractivity contribution is -0.144. The third kappa shape index (κ3) is 7.74. The maximum absolute atomic E-state index is 13.4. The van der Waals surface area contributed by atoms with Crippen molar-refractivity contribution in [2.75, 3.05) is 13.3 Å². The van der Waals surface area contributed by atoms with Crippen LogP contribution in [0.3, 0.4) is 0 Å². The van der Waals surface area contributed by atoms with Crippen LogP contribution < -0.4 is 9.61 Å². The lowest BCUT2D eigenvalue weighted by Gasteiger charge is -2.33. The van der Waals surface area contributed by atoms with E-state index in [9.17, 15) is 14.5 Å². The molecule has 4 atom stereocenters. The van der Waals surface area contributed by atoms with Gasteiger partial charge in [0.15, 0.2) is 0 Å². The molecule has 0 saturated carbocycles. The summed E-state index contributed by atoms with van der Waals surface area (Å²) in [4.78, 5) is 12.1. The summed E-state index contributed by atoms with van der Waals surface area (Å²) in [6.07, 6.45) is 8.05. The van der Waals surface area contributed by atoms with E-state index in [4.69, 9.17) is 9.26 Å². The van der Waals surface area contributed by atoms with Crippen molar-refractivity contribution >= 4 is 13.5 Å².